The van der Waals surface area contributed by atoms with Crippen molar-refractivity contribution in [2.45, 2.75) is 39.2 Å². The van der Waals surface area contributed by atoms with E-state index in [2.05, 4.69) is 12.2 Å². The van der Waals surface area contributed by atoms with Gasteiger partial charge in [-0.1, -0.05) is 19.8 Å². The molecule has 0 fully saturated rings. The Kier molecular flexibility index (Phi) is 6.52. The van der Waals surface area contributed by atoms with Gasteiger partial charge in [0, 0.05) is 12.2 Å². The zero-order chi connectivity index (χ0) is 15.8. The number of hydrogen-bond donors (Lipinski definition) is 3. The van der Waals surface area contributed by atoms with Gasteiger partial charge in [0.15, 0.2) is 6.10 Å². The van der Waals surface area contributed by atoms with E-state index in [0.717, 1.165) is 19.3 Å². The van der Waals surface area contributed by atoms with Crippen molar-refractivity contribution in [3.05, 3.63) is 23.8 Å². The third kappa shape index (κ3) is 5.33. The second kappa shape index (κ2) is 8.14. The van der Waals surface area contributed by atoms with Crippen LogP contribution in [0.25, 0.3) is 0 Å². The third-order valence-corrected chi connectivity index (χ3v) is 2.99. The van der Waals surface area contributed by atoms with Crippen molar-refractivity contribution in [3.63, 3.8) is 0 Å². The fourth-order valence-electron chi connectivity index (χ4n) is 1.79. The number of carboxylic acid groups (broad SMARTS) is 1. The van der Waals surface area contributed by atoms with E-state index < -0.39 is 12.1 Å². The van der Waals surface area contributed by atoms with E-state index in [1.165, 1.54) is 18.2 Å². The molecule has 0 spiro atoms. The van der Waals surface area contributed by atoms with E-state index >= 15 is 0 Å². The predicted molar refractivity (Wildman–Crippen MR) is 80.4 cm³/mol. The summed E-state index contributed by atoms with van der Waals surface area (Å²) in [6.07, 6.45) is 2.27. The van der Waals surface area contributed by atoms with Crippen LogP contribution in [0, 0.1) is 0 Å². The maximum atomic E-state index is 11.9. The molecule has 0 aliphatic heterocycles. The number of aromatic carboxylic acids is 1. The average Bonchev–Trinajstić information content (AvgIpc) is 2.44. The summed E-state index contributed by atoms with van der Waals surface area (Å²) in [6.45, 7) is 4.26. The number of carbonyl (C=O) groups is 2. The number of carbonyl (C=O) groups excluding carboxylic acids is 1. The van der Waals surface area contributed by atoms with Crippen LogP contribution in [-0.4, -0.2) is 29.6 Å². The molecule has 6 nitrogen and oxygen atoms in total. The lowest BCUT2D eigenvalue weighted by Gasteiger charge is -2.16. The predicted octanol–water partition coefficient (Wildman–Crippen LogP) is 2.04. The van der Waals surface area contributed by atoms with Gasteiger partial charge in [-0.25, -0.2) is 4.79 Å². The number of nitrogens with two attached hydrogens (primary N) is 1. The Bertz CT molecular complexity index is 502. The van der Waals surface area contributed by atoms with Gasteiger partial charge < -0.3 is 20.9 Å². The summed E-state index contributed by atoms with van der Waals surface area (Å²) in [5, 5.41) is 11.9. The van der Waals surface area contributed by atoms with Gasteiger partial charge in [0.05, 0.1) is 0 Å². The summed E-state index contributed by atoms with van der Waals surface area (Å²) in [5.74, 6) is -1.28. The van der Waals surface area contributed by atoms with Crippen LogP contribution in [0.4, 0.5) is 5.69 Å². The highest BCUT2D eigenvalue weighted by Crippen LogP contribution is 2.22. The molecular formula is C15H22N2O4. The monoisotopic (exact) mass is 294 g/mol. The van der Waals surface area contributed by atoms with Crippen LogP contribution in [0.5, 0.6) is 5.75 Å². The Morgan fingerprint density at radius 1 is 1.38 bits per heavy atom. The number of benzene rings is 1. The van der Waals surface area contributed by atoms with Gasteiger partial charge in [-0.15, -0.1) is 0 Å². The van der Waals surface area contributed by atoms with Gasteiger partial charge in [-0.2, -0.15) is 0 Å². The van der Waals surface area contributed by atoms with Crippen molar-refractivity contribution in [3.8, 4) is 5.75 Å². The van der Waals surface area contributed by atoms with Gasteiger partial charge in [0.25, 0.3) is 5.91 Å². The standard InChI is InChI=1S/C15H22N2O4/c1-3-4-5-8-17-14(18)10(2)21-13-7-6-11(16)9-12(13)15(19)20/h6-7,9-10H,3-5,8,16H2,1-2H3,(H,17,18)(H,19,20). The van der Waals surface area contributed by atoms with Crippen molar-refractivity contribution in [1.82, 2.24) is 5.32 Å². The summed E-state index contributed by atoms with van der Waals surface area (Å²) in [6, 6.07) is 4.30. The first-order valence-corrected chi connectivity index (χ1v) is 7.03. The molecule has 0 heterocycles. The minimum Gasteiger partial charge on any atom is -0.480 e. The molecule has 0 saturated carbocycles. The van der Waals surface area contributed by atoms with Crippen LogP contribution in [0.15, 0.2) is 18.2 Å². The Morgan fingerprint density at radius 3 is 2.71 bits per heavy atom. The van der Waals surface area contributed by atoms with E-state index in [4.69, 9.17) is 15.6 Å². The molecule has 0 bridgehead atoms. The summed E-state index contributed by atoms with van der Waals surface area (Å²) < 4.78 is 5.43. The molecule has 0 aliphatic carbocycles. The van der Waals surface area contributed by atoms with Crippen LogP contribution in [0.3, 0.4) is 0 Å². The van der Waals surface area contributed by atoms with Gasteiger partial charge in [-0.3, -0.25) is 4.79 Å². The van der Waals surface area contributed by atoms with Crippen LogP contribution < -0.4 is 15.8 Å². The molecule has 21 heavy (non-hydrogen) atoms. The summed E-state index contributed by atoms with van der Waals surface area (Å²) in [4.78, 5) is 23.0. The third-order valence-electron chi connectivity index (χ3n) is 2.99. The number of rotatable bonds is 8. The van der Waals surface area contributed by atoms with Crippen LogP contribution in [0.1, 0.15) is 43.5 Å². The van der Waals surface area contributed by atoms with Gasteiger partial charge in [0.1, 0.15) is 11.3 Å². The number of amides is 1. The molecule has 116 valence electrons. The Balaban J connectivity index is 2.63. The number of nitrogen functional groups attached to an aromatic ring is 1. The number of carboxylic acids is 1. The van der Waals surface area contributed by atoms with Crippen molar-refractivity contribution < 1.29 is 19.4 Å². The maximum absolute atomic E-state index is 11.9. The number of hydrogen-bond acceptors (Lipinski definition) is 4. The van der Waals surface area contributed by atoms with Crippen molar-refractivity contribution >= 4 is 17.6 Å². The molecule has 1 aromatic carbocycles. The second-order valence-corrected chi connectivity index (χ2v) is 4.82. The lowest BCUT2D eigenvalue weighted by atomic mass is 10.2. The highest BCUT2D eigenvalue weighted by molar-refractivity contribution is 5.92. The zero-order valence-electron chi connectivity index (χ0n) is 12.4. The topological polar surface area (TPSA) is 102 Å². The van der Waals surface area contributed by atoms with Gasteiger partial charge in [0.2, 0.25) is 0 Å². The molecule has 0 saturated heterocycles. The molecule has 0 aromatic heterocycles. The SMILES string of the molecule is CCCCCNC(=O)C(C)Oc1ccc(N)cc1C(=O)O. The number of ether oxygens (including phenoxy) is 1. The van der Waals surface area contributed by atoms with E-state index in [1.807, 2.05) is 0 Å². The first kappa shape index (κ1) is 16.8. The highest BCUT2D eigenvalue weighted by Gasteiger charge is 2.18. The molecule has 0 aliphatic rings. The molecule has 1 aromatic rings. The van der Waals surface area contributed by atoms with Crippen molar-refractivity contribution in [2.75, 3.05) is 12.3 Å². The molecule has 1 unspecified atom stereocenters. The quantitative estimate of drug-likeness (QED) is 0.503. The fourth-order valence-corrected chi connectivity index (χ4v) is 1.79. The molecule has 6 heteroatoms. The second-order valence-electron chi connectivity index (χ2n) is 4.82. The van der Waals surface area contributed by atoms with E-state index in [9.17, 15) is 9.59 Å². The molecule has 1 amide bonds. The smallest absolute Gasteiger partial charge is 0.339 e. The molecule has 4 N–H and O–H groups in total. The van der Waals surface area contributed by atoms with Crippen LogP contribution in [-0.2, 0) is 4.79 Å². The number of anilines is 1. The summed E-state index contributed by atoms with van der Waals surface area (Å²) >= 11 is 0. The first-order chi connectivity index (χ1) is 9.95. The lowest BCUT2D eigenvalue weighted by Crippen LogP contribution is -2.37. The highest BCUT2D eigenvalue weighted by atomic mass is 16.5. The lowest BCUT2D eigenvalue weighted by molar-refractivity contribution is -0.127. The Hall–Kier alpha value is -2.24. The molecule has 1 atom stereocenters. The van der Waals surface area contributed by atoms with E-state index in [-0.39, 0.29) is 17.2 Å². The summed E-state index contributed by atoms with van der Waals surface area (Å²) in [5.41, 5.74) is 5.83. The molecule has 0 radical (unpaired) electrons. The van der Waals surface area contributed by atoms with Gasteiger partial charge >= 0.3 is 5.97 Å². The summed E-state index contributed by atoms with van der Waals surface area (Å²) in [7, 11) is 0. The van der Waals surface area contributed by atoms with Crippen molar-refractivity contribution in [2.24, 2.45) is 0 Å². The van der Waals surface area contributed by atoms with Crippen molar-refractivity contribution in [1.29, 1.82) is 0 Å². The van der Waals surface area contributed by atoms with Crippen LogP contribution >= 0.6 is 0 Å². The maximum Gasteiger partial charge on any atom is 0.339 e. The van der Waals surface area contributed by atoms with Gasteiger partial charge in [-0.05, 0) is 31.5 Å². The zero-order valence-corrected chi connectivity index (χ0v) is 12.4. The normalized spacial score (nSPS) is 11.7. The molecular weight excluding hydrogens is 272 g/mol. The average molecular weight is 294 g/mol. The number of unbranched alkanes of at least 4 members (excludes halogenated alkanes) is 2. The minimum absolute atomic E-state index is 0.0550. The molecule has 1 rings (SSSR count). The Morgan fingerprint density at radius 2 is 2.10 bits per heavy atom. The minimum atomic E-state index is -1.15. The largest absolute Gasteiger partial charge is 0.480 e. The van der Waals surface area contributed by atoms with E-state index in [0.29, 0.717) is 12.2 Å². The van der Waals surface area contributed by atoms with E-state index in [1.54, 1.807) is 6.92 Å². The number of nitrogens with one attached hydrogen (secondary N) is 1. The fraction of sp³-hybridized carbons (Fsp3) is 0.467. The Labute approximate surface area is 124 Å². The first-order valence-electron chi connectivity index (χ1n) is 7.03. The van der Waals surface area contributed by atoms with Crippen LogP contribution in [0.2, 0.25) is 0 Å².